The summed E-state index contributed by atoms with van der Waals surface area (Å²) >= 11 is 0. The van der Waals surface area contributed by atoms with Crippen LogP contribution in [0.5, 0.6) is 0 Å². The lowest BCUT2D eigenvalue weighted by atomic mass is 10.1. The SMILES string of the molecule is Cc1cccc(CN2CCN(CC(=O)NCCc3ccccc3C)CC2)c1. The molecular formula is C23H31N3O. The second kappa shape index (κ2) is 9.67. The summed E-state index contributed by atoms with van der Waals surface area (Å²) < 4.78 is 0. The average molecular weight is 366 g/mol. The summed E-state index contributed by atoms with van der Waals surface area (Å²) in [5, 5.41) is 3.07. The fraction of sp³-hybridized carbons (Fsp3) is 0.435. The first-order valence-electron chi connectivity index (χ1n) is 9.91. The number of hydrogen-bond acceptors (Lipinski definition) is 3. The minimum Gasteiger partial charge on any atom is -0.355 e. The number of aryl methyl sites for hydroxylation is 2. The van der Waals surface area contributed by atoms with Gasteiger partial charge in [0.15, 0.2) is 0 Å². The minimum absolute atomic E-state index is 0.135. The molecule has 0 atom stereocenters. The first kappa shape index (κ1) is 19.6. The van der Waals surface area contributed by atoms with E-state index in [1.54, 1.807) is 0 Å². The molecule has 27 heavy (non-hydrogen) atoms. The van der Waals surface area contributed by atoms with Crippen molar-refractivity contribution in [1.29, 1.82) is 0 Å². The van der Waals surface area contributed by atoms with E-state index in [-0.39, 0.29) is 5.91 Å². The van der Waals surface area contributed by atoms with Crippen molar-refractivity contribution in [3.8, 4) is 0 Å². The Morgan fingerprint density at radius 3 is 2.44 bits per heavy atom. The number of hydrogen-bond donors (Lipinski definition) is 1. The van der Waals surface area contributed by atoms with E-state index in [1.807, 2.05) is 0 Å². The Kier molecular flexibility index (Phi) is 7.02. The molecule has 1 amide bonds. The van der Waals surface area contributed by atoms with Gasteiger partial charge in [-0.15, -0.1) is 0 Å². The van der Waals surface area contributed by atoms with Crippen molar-refractivity contribution in [3.63, 3.8) is 0 Å². The standard InChI is InChI=1S/C23H31N3O/c1-19-6-5-8-21(16-19)17-25-12-14-26(15-13-25)18-23(27)24-11-10-22-9-4-3-7-20(22)2/h3-9,16H,10-15,17-18H2,1-2H3,(H,24,27). The summed E-state index contributed by atoms with van der Waals surface area (Å²) in [7, 11) is 0. The molecule has 4 heteroatoms. The van der Waals surface area contributed by atoms with Gasteiger partial charge in [-0.05, 0) is 37.0 Å². The van der Waals surface area contributed by atoms with E-state index in [0.717, 1.165) is 39.1 Å². The number of nitrogens with zero attached hydrogens (tertiary/aromatic N) is 2. The van der Waals surface area contributed by atoms with Crippen LogP contribution in [-0.4, -0.2) is 55.0 Å². The summed E-state index contributed by atoms with van der Waals surface area (Å²) in [4.78, 5) is 17.0. The quantitative estimate of drug-likeness (QED) is 0.820. The van der Waals surface area contributed by atoms with Gasteiger partial charge in [0.2, 0.25) is 5.91 Å². The third-order valence-corrected chi connectivity index (χ3v) is 5.30. The maximum Gasteiger partial charge on any atom is 0.234 e. The molecule has 0 spiro atoms. The van der Waals surface area contributed by atoms with Crippen LogP contribution in [0.2, 0.25) is 0 Å². The molecule has 0 unspecified atom stereocenters. The highest BCUT2D eigenvalue weighted by Gasteiger charge is 2.18. The van der Waals surface area contributed by atoms with Crippen molar-refractivity contribution >= 4 is 5.91 Å². The van der Waals surface area contributed by atoms with Crippen LogP contribution >= 0.6 is 0 Å². The van der Waals surface area contributed by atoms with Crippen LogP contribution in [-0.2, 0) is 17.8 Å². The third kappa shape index (κ3) is 6.19. The van der Waals surface area contributed by atoms with Gasteiger partial charge in [0, 0.05) is 39.3 Å². The molecule has 1 aliphatic rings. The minimum atomic E-state index is 0.135. The summed E-state index contributed by atoms with van der Waals surface area (Å²) in [6, 6.07) is 17.1. The smallest absolute Gasteiger partial charge is 0.234 e. The highest BCUT2D eigenvalue weighted by Crippen LogP contribution is 2.10. The fourth-order valence-electron chi connectivity index (χ4n) is 3.66. The summed E-state index contributed by atoms with van der Waals surface area (Å²) in [6.45, 7) is 10.4. The van der Waals surface area contributed by atoms with Gasteiger partial charge in [-0.3, -0.25) is 14.6 Å². The Morgan fingerprint density at radius 2 is 1.70 bits per heavy atom. The maximum atomic E-state index is 12.2. The average Bonchev–Trinajstić information content (AvgIpc) is 2.65. The number of carbonyl (C=O) groups is 1. The zero-order valence-corrected chi connectivity index (χ0v) is 16.6. The molecule has 0 aromatic heterocycles. The topological polar surface area (TPSA) is 35.6 Å². The first-order valence-corrected chi connectivity index (χ1v) is 9.91. The molecule has 1 saturated heterocycles. The highest BCUT2D eigenvalue weighted by atomic mass is 16.2. The van der Waals surface area contributed by atoms with Crippen molar-refractivity contribution in [2.75, 3.05) is 39.3 Å². The summed E-state index contributed by atoms with van der Waals surface area (Å²) in [5.74, 6) is 0.135. The van der Waals surface area contributed by atoms with Gasteiger partial charge in [0.25, 0.3) is 0 Å². The zero-order chi connectivity index (χ0) is 19.1. The molecule has 1 heterocycles. The van der Waals surface area contributed by atoms with Crippen LogP contribution in [0.1, 0.15) is 22.3 Å². The number of amides is 1. The van der Waals surface area contributed by atoms with E-state index in [4.69, 9.17) is 0 Å². The Bertz CT molecular complexity index is 751. The molecule has 0 saturated carbocycles. The van der Waals surface area contributed by atoms with Gasteiger partial charge in [-0.25, -0.2) is 0 Å². The second-order valence-corrected chi connectivity index (χ2v) is 7.57. The fourth-order valence-corrected chi connectivity index (χ4v) is 3.66. The Morgan fingerprint density at radius 1 is 0.963 bits per heavy atom. The van der Waals surface area contributed by atoms with E-state index in [1.165, 1.54) is 22.3 Å². The summed E-state index contributed by atoms with van der Waals surface area (Å²) in [6.07, 6.45) is 0.892. The predicted molar refractivity (Wildman–Crippen MR) is 111 cm³/mol. The lowest BCUT2D eigenvalue weighted by Crippen LogP contribution is -2.49. The van der Waals surface area contributed by atoms with Crippen molar-refractivity contribution in [2.24, 2.45) is 0 Å². The molecule has 2 aromatic carbocycles. The number of carbonyl (C=O) groups excluding carboxylic acids is 1. The number of rotatable bonds is 7. The number of nitrogens with one attached hydrogen (secondary N) is 1. The monoisotopic (exact) mass is 365 g/mol. The van der Waals surface area contributed by atoms with Crippen LogP contribution < -0.4 is 5.32 Å². The van der Waals surface area contributed by atoms with Crippen LogP contribution in [0, 0.1) is 13.8 Å². The van der Waals surface area contributed by atoms with E-state index >= 15 is 0 Å². The predicted octanol–water partition coefficient (Wildman–Crippen LogP) is 2.78. The number of piperazine rings is 1. The van der Waals surface area contributed by atoms with Gasteiger partial charge < -0.3 is 5.32 Å². The van der Waals surface area contributed by atoms with Gasteiger partial charge in [-0.2, -0.15) is 0 Å². The Balaban J connectivity index is 1.35. The third-order valence-electron chi connectivity index (χ3n) is 5.30. The van der Waals surface area contributed by atoms with Gasteiger partial charge in [0.05, 0.1) is 6.54 Å². The lowest BCUT2D eigenvalue weighted by Gasteiger charge is -2.34. The van der Waals surface area contributed by atoms with E-state index < -0.39 is 0 Å². The molecule has 144 valence electrons. The highest BCUT2D eigenvalue weighted by molar-refractivity contribution is 5.78. The van der Waals surface area contributed by atoms with Crippen LogP contribution in [0.25, 0.3) is 0 Å². The van der Waals surface area contributed by atoms with E-state index in [2.05, 4.69) is 77.5 Å². The van der Waals surface area contributed by atoms with Crippen LogP contribution in [0.15, 0.2) is 48.5 Å². The van der Waals surface area contributed by atoms with Gasteiger partial charge in [-0.1, -0.05) is 54.1 Å². The van der Waals surface area contributed by atoms with Gasteiger partial charge in [0.1, 0.15) is 0 Å². The molecular weight excluding hydrogens is 334 g/mol. The molecule has 1 fully saturated rings. The molecule has 3 rings (SSSR count). The maximum absolute atomic E-state index is 12.2. The lowest BCUT2D eigenvalue weighted by molar-refractivity contribution is -0.122. The van der Waals surface area contributed by atoms with Gasteiger partial charge >= 0.3 is 0 Å². The molecule has 1 aliphatic heterocycles. The summed E-state index contributed by atoms with van der Waals surface area (Å²) in [5.41, 5.74) is 5.28. The largest absolute Gasteiger partial charge is 0.355 e. The van der Waals surface area contributed by atoms with Crippen molar-refractivity contribution in [3.05, 3.63) is 70.8 Å². The molecule has 0 aliphatic carbocycles. The Hall–Kier alpha value is -2.17. The zero-order valence-electron chi connectivity index (χ0n) is 16.6. The molecule has 4 nitrogen and oxygen atoms in total. The van der Waals surface area contributed by atoms with Crippen LogP contribution in [0.3, 0.4) is 0 Å². The normalized spacial score (nSPS) is 15.6. The molecule has 0 radical (unpaired) electrons. The van der Waals surface area contributed by atoms with E-state index in [0.29, 0.717) is 13.1 Å². The second-order valence-electron chi connectivity index (χ2n) is 7.57. The van der Waals surface area contributed by atoms with Crippen molar-refractivity contribution < 1.29 is 4.79 Å². The molecule has 1 N–H and O–H groups in total. The van der Waals surface area contributed by atoms with Crippen molar-refractivity contribution in [1.82, 2.24) is 15.1 Å². The molecule has 0 bridgehead atoms. The van der Waals surface area contributed by atoms with E-state index in [9.17, 15) is 4.79 Å². The molecule has 2 aromatic rings. The van der Waals surface area contributed by atoms with Crippen LogP contribution in [0.4, 0.5) is 0 Å². The Labute approximate surface area is 163 Å². The first-order chi connectivity index (χ1) is 13.1. The number of benzene rings is 2. The van der Waals surface area contributed by atoms with Crippen molar-refractivity contribution in [2.45, 2.75) is 26.8 Å².